The molecule has 1 unspecified atom stereocenters. The average Bonchev–Trinajstić information content (AvgIpc) is 3.37. The van der Waals surface area contributed by atoms with Crippen LogP contribution < -0.4 is 10.2 Å². The van der Waals surface area contributed by atoms with E-state index in [4.69, 9.17) is 0 Å². The molecule has 0 saturated carbocycles. The Morgan fingerprint density at radius 2 is 1.25 bits per heavy atom. The van der Waals surface area contributed by atoms with Gasteiger partial charge in [0.25, 0.3) is 0 Å². The van der Waals surface area contributed by atoms with Crippen molar-refractivity contribution in [3.63, 3.8) is 0 Å². The van der Waals surface area contributed by atoms with E-state index < -0.39 is 0 Å². The molecule has 1 aliphatic heterocycles. The fraction of sp³-hybridized carbons (Fsp3) is 0.0270. The minimum Gasteiger partial charge on any atom is -0.360 e. The maximum atomic E-state index is 3.90. The number of thiophene rings is 1. The Morgan fingerprint density at radius 3 is 2.08 bits per heavy atom. The van der Waals surface area contributed by atoms with E-state index in [-0.39, 0.29) is 6.17 Å². The molecule has 6 aromatic carbocycles. The number of rotatable bonds is 4. The summed E-state index contributed by atoms with van der Waals surface area (Å²) >= 11 is 1.85. The van der Waals surface area contributed by atoms with Crippen molar-refractivity contribution in [2.45, 2.75) is 6.17 Å². The molecular formula is C37H26N2S. The second-order valence-corrected chi connectivity index (χ2v) is 11.3. The Labute approximate surface area is 237 Å². The third-order valence-electron chi connectivity index (χ3n) is 7.86. The summed E-state index contributed by atoms with van der Waals surface area (Å²) in [6.07, 6.45) is 4.54. The van der Waals surface area contributed by atoms with Crippen LogP contribution in [0.1, 0.15) is 4.88 Å². The van der Waals surface area contributed by atoms with Crippen LogP contribution in [0.4, 0.5) is 17.1 Å². The highest BCUT2D eigenvalue weighted by Gasteiger charge is 2.25. The molecule has 40 heavy (non-hydrogen) atoms. The van der Waals surface area contributed by atoms with Gasteiger partial charge in [-0.25, -0.2) is 0 Å². The molecule has 3 heteroatoms. The van der Waals surface area contributed by atoms with Gasteiger partial charge in [-0.2, -0.15) is 0 Å². The molecule has 0 fully saturated rings. The van der Waals surface area contributed by atoms with Gasteiger partial charge in [0.1, 0.15) is 6.17 Å². The molecule has 0 aliphatic carbocycles. The van der Waals surface area contributed by atoms with Crippen molar-refractivity contribution in [2.24, 2.45) is 0 Å². The van der Waals surface area contributed by atoms with E-state index in [1.807, 2.05) is 11.3 Å². The molecule has 1 aliphatic rings. The Hall–Kier alpha value is -4.86. The van der Waals surface area contributed by atoms with Crippen LogP contribution in [0.25, 0.3) is 48.8 Å². The van der Waals surface area contributed by atoms with Crippen molar-refractivity contribution in [1.82, 2.24) is 0 Å². The molecule has 0 spiro atoms. The van der Waals surface area contributed by atoms with E-state index in [1.54, 1.807) is 0 Å². The lowest BCUT2D eigenvalue weighted by Crippen LogP contribution is -2.37. The number of benzene rings is 6. The van der Waals surface area contributed by atoms with Crippen molar-refractivity contribution >= 4 is 66.1 Å². The summed E-state index contributed by atoms with van der Waals surface area (Å²) in [7, 11) is 0. The van der Waals surface area contributed by atoms with E-state index in [0.29, 0.717) is 0 Å². The fourth-order valence-electron chi connectivity index (χ4n) is 5.93. The van der Waals surface area contributed by atoms with Gasteiger partial charge >= 0.3 is 0 Å². The zero-order valence-electron chi connectivity index (χ0n) is 21.8. The number of hydrogen-bond donors (Lipinski definition) is 1. The standard InChI is InChI=1S/C37H26N2S/c1-2-13-29(14-3-1)39(30-19-17-26(18-20-30)32-16-8-12-25-9-6-7-15-31(25)32)36-22-21-34-37(38-36)33-23-27-10-4-5-11-28(27)24-35(33)40-34/h1-24,36,38H. The first-order valence-electron chi connectivity index (χ1n) is 13.6. The van der Waals surface area contributed by atoms with Gasteiger partial charge < -0.3 is 10.2 Å². The van der Waals surface area contributed by atoms with Crippen LogP contribution in [-0.4, -0.2) is 6.17 Å². The van der Waals surface area contributed by atoms with Crippen LogP contribution in [0.15, 0.2) is 140 Å². The first-order chi connectivity index (χ1) is 19.8. The zero-order valence-corrected chi connectivity index (χ0v) is 22.6. The SMILES string of the molecule is C1=CC(N(c2ccccc2)c2ccc(-c3cccc4ccccc34)cc2)Nc2c1sc1cc3ccccc3cc21. The molecule has 0 radical (unpaired) electrons. The van der Waals surface area contributed by atoms with Crippen LogP contribution in [0, 0.1) is 0 Å². The van der Waals surface area contributed by atoms with E-state index in [2.05, 4.69) is 156 Å². The minimum atomic E-state index is -0.0254. The van der Waals surface area contributed by atoms with Crippen LogP contribution >= 0.6 is 11.3 Å². The van der Waals surface area contributed by atoms with E-state index >= 15 is 0 Å². The van der Waals surface area contributed by atoms with Crippen molar-refractivity contribution in [3.8, 4) is 11.1 Å². The summed E-state index contributed by atoms with van der Waals surface area (Å²) in [4.78, 5) is 3.66. The van der Waals surface area contributed by atoms with E-state index in [0.717, 1.165) is 11.4 Å². The van der Waals surface area contributed by atoms with Gasteiger partial charge in [0.15, 0.2) is 0 Å². The first kappa shape index (κ1) is 23.1. The highest BCUT2D eigenvalue weighted by molar-refractivity contribution is 7.20. The normalized spacial score (nSPS) is 14.3. The summed E-state index contributed by atoms with van der Waals surface area (Å²) in [6.45, 7) is 0. The van der Waals surface area contributed by atoms with E-state index in [9.17, 15) is 0 Å². The summed E-state index contributed by atoms with van der Waals surface area (Å²) in [5.41, 5.74) is 5.99. The van der Waals surface area contributed by atoms with Crippen LogP contribution in [-0.2, 0) is 0 Å². The molecule has 1 atom stereocenters. The van der Waals surface area contributed by atoms with Crippen LogP contribution in [0.3, 0.4) is 0 Å². The second kappa shape index (κ2) is 9.41. The number of nitrogens with one attached hydrogen (secondary N) is 1. The lowest BCUT2D eigenvalue weighted by atomic mass is 9.98. The molecule has 190 valence electrons. The number of anilines is 3. The summed E-state index contributed by atoms with van der Waals surface area (Å²) in [5, 5.41) is 10.3. The molecule has 2 heterocycles. The quantitative estimate of drug-likeness (QED) is 0.243. The van der Waals surface area contributed by atoms with Crippen molar-refractivity contribution < 1.29 is 0 Å². The van der Waals surface area contributed by atoms with Crippen molar-refractivity contribution in [2.75, 3.05) is 10.2 Å². The van der Waals surface area contributed by atoms with Crippen LogP contribution in [0.5, 0.6) is 0 Å². The highest BCUT2D eigenvalue weighted by atomic mass is 32.1. The smallest absolute Gasteiger partial charge is 0.123 e. The summed E-state index contributed by atoms with van der Waals surface area (Å²) < 4.78 is 1.31. The topological polar surface area (TPSA) is 15.3 Å². The summed E-state index contributed by atoms with van der Waals surface area (Å²) in [6, 6.07) is 48.0. The molecular weight excluding hydrogens is 504 g/mol. The van der Waals surface area contributed by atoms with Gasteiger partial charge in [0.05, 0.1) is 10.6 Å². The largest absolute Gasteiger partial charge is 0.360 e. The molecule has 1 aromatic heterocycles. The highest BCUT2D eigenvalue weighted by Crippen LogP contribution is 2.43. The van der Waals surface area contributed by atoms with Gasteiger partial charge in [-0.3, -0.25) is 0 Å². The Bertz CT molecular complexity index is 2030. The predicted molar refractivity (Wildman–Crippen MR) is 174 cm³/mol. The lowest BCUT2D eigenvalue weighted by molar-refractivity contribution is 0.879. The molecule has 7 aromatic rings. The Morgan fingerprint density at radius 1 is 0.575 bits per heavy atom. The molecule has 0 bridgehead atoms. The molecule has 1 N–H and O–H groups in total. The Kier molecular flexibility index (Phi) is 5.42. The van der Waals surface area contributed by atoms with Gasteiger partial charge in [-0.1, -0.05) is 97.1 Å². The number of para-hydroxylation sites is 1. The second-order valence-electron chi connectivity index (χ2n) is 10.3. The molecule has 8 rings (SSSR count). The minimum absolute atomic E-state index is 0.0254. The average molecular weight is 531 g/mol. The monoisotopic (exact) mass is 530 g/mol. The molecule has 2 nitrogen and oxygen atoms in total. The van der Waals surface area contributed by atoms with E-state index in [1.165, 1.54) is 53.3 Å². The maximum Gasteiger partial charge on any atom is 0.123 e. The number of fused-ring (bicyclic) bond motifs is 5. The van der Waals surface area contributed by atoms with Gasteiger partial charge in [0.2, 0.25) is 0 Å². The van der Waals surface area contributed by atoms with Crippen molar-refractivity contribution in [1.29, 1.82) is 0 Å². The van der Waals surface area contributed by atoms with Crippen LogP contribution in [0.2, 0.25) is 0 Å². The number of hydrogen-bond acceptors (Lipinski definition) is 3. The van der Waals surface area contributed by atoms with Gasteiger partial charge in [-0.05, 0) is 81.2 Å². The fourth-order valence-corrected chi connectivity index (χ4v) is 7.04. The third-order valence-corrected chi connectivity index (χ3v) is 8.98. The van der Waals surface area contributed by atoms with Gasteiger partial charge in [0, 0.05) is 21.5 Å². The zero-order chi connectivity index (χ0) is 26.5. The lowest BCUT2D eigenvalue weighted by Gasteiger charge is -2.35. The third kappa shape index (κ3) is 3.86. The molecule has 0 amide bonds. The summed E-state index contributed by atoms with van der Waals surface area (Å²) in [5.74, 6) is 0. The molecule has 0 saturated heterocycles. The first-order valence-corrected chi connectivity index (χ1v) is 14.5. The maximum absolute atomic E-state index is 3.90. The number of nitrogens with zero attached hydrogens (tertiary/aromatic N) is 1. The predicted octanol–water partition coefficient (Wildman–Crippen LogP) is 10.5. The Balaban J connectivity index is 1.20. The van der Waals surface area contributed by atoms with Gasteiger partial charge in [-0.15, -0.1) is 11.3 Å². The van der Waals surface area contributed by atoms with Crippen molar-refractivity contribution in [3.05, 3.63) is 144 Å².